The summed E-state index contributed by atoms with van der Waals surface area (Å²) in [4.78, 5) is 0. The Morgan fingerprint density at radius 3 is 2.50 bits per heavy atom. The maximum atomic E-state index is 5.65. The molecule has 1 aromatic rings. The molecule has 112 valence electrons. The van der Waals surface area contributed by atoms with Gasteiger partial charge in [0.2, 0.25) is 0 Å². The Balaban J connectivity index is 2.48. The predicted molar refractivity (Wildman–Crippen MR) is 88.4 cm³/mol. The third-order valence-corrected chi connectivity index (χ3v) is 5.88. The topological polar surface area (TPSA) is 21.3 Å². The molecule has 0 aliphatic heterocycles. The van der Waals surface area contributed by atoms with Crippen molar-refractivity contribution in [1.29, 1.82) is 0 Å². The van der Waals surface area contributed by atoms with Gasteiger partial charge in [-0.15, -0.1) is 0 Å². The lowest BCUT2D eigenvalue weighted by Gasteiger charge is -2.38. The second kappa shape index (κ2) is 6.48. The summed E-state index contributed by atoms with van der Waals surface area (Å²) in [5.41, 5.74) is 2.88. The van der Waals surface area contributed by atoms with E-state index in [9.17, 15) is 0 Å². The molecule has 0 amide bonds. The quantitative estimate of drug-likeness (QED) is 0.815. The zero-order chi connectivity index (χ0) is 14.8. The van der Waals surface area contributed by atoms with E-state index in [0.717, 1.165) is 10.2 Å². The first-order valence-corrected chi connectivity index (χ1v) is 8.38. The predicted octanol–water partition coefficient (Wildman–Crippen LogP) is 5.00. The Labute approximate surface area is 131 Å². The van der Waals surface area contributed by atoms with Crippen LogP contribution in [0.2, 0.25) is 0 Å². The van der Waals surface area contributed by atoms with E-state index in [4.69, 9.17) is 4.74 Å². The Morgan fingerprint density at radius 2 is 2.00 bits per heavy atom. The summed E-state index contributed by atoms with van der Waals surface area (Å²) in [6.07, 6.45) is 6.53. The number of benzene rings is 1. The highest BCUT2D eigenvalue weighted by atomic mass is 79.9. The van der Waals surface area contributed by atoms with Crippen LogP contribution in [0.1, 0.15) is 56.2 Å². The van der Waals surface area contributed by atoms with Crippen LogP contribution in [0.25, 0.3) is 0 Å². The third-order valence-electron chi connectivity index (χ3n) is 5.03. The van der Waals surface area contributed by atoms with Gasteiger partial charge in [-0.25, -0.2) is 0 Å². The van der Waals surface area contributed by atoms with Gasteiger partial charge in [-0.05, 0) is 56.3 Å². The largest absolute Gasteiger partial charge is 0.496 e. The highest BCUT2D eigenvalue weighted by Crippen LogP contribution is 2.51. The molecule has 20 heavy (non-hydrogen) atoms. The van der Waals surface area contributed by atoms with Crippen LogP contribution >= 0.6 is 15.9 Å². The molecule has 0 aromatic heterocycles. The minimum Gasteiger partial charge on any atom is -0.496 e. The van der Waals surface area contributed by atoms with Crippen molar-refractivity contribution in [3.63, 3.8) is 0 Å². The van der Waals surface area contributed by atoms with E-state index in [1.165, 1.54) is 43.2 Å². The molecule has 1 aromatic carbocycles. The molecule has 0 bridgehead atoms. The second-order valence-corrected chi connectivity index (χ2v) is 6.84. The van der Waals surface area contributed by atoms with Crippen LogP contribution in [-0.4, -0.2) is 14.2 Å². The normalized spacial score (nSPS) is 19.1. The van der Waals surface area contributed by atoms with Crippen molar-refractivity contribution in [2.24, 2.45) is 5.41 Å². The number of hydrogen-bond acceptors (Lipinski definition) is 2. The molecule has 0 heterocycles. The van der Waals surface area contributed by atoms with E-state index in [0.29, 0.717) is 11.5 Å². The van der Waals surface area contributed by atoms with E-state index in [1.54, 1.807) is 7.11 Å². The summed E-state index contributed by atoms with van der Waals surface area (Å²) in [6, 6.07) is 4.74. The van der Waals surface area contributed by atoms with Gasteiger partial charge < -0.3 is 10.1 Å². The Hall–Kier alpha value is -0.540. The average Bonchev–Trinajstić information content (AvgIpc) is 2.93. The summed E-state index contributed by atoms with van der Waals surface area (Å²) in [6.45, 7) is 4.43. The van der Waals surface area contributed by atoms with Crippen molar-refractivity contribution in [2.45, 2.75) is 52.0 Å². The molecule has 1 aliphatic rings. The molecule has 1 N–H and O–H groups in total. The van der Waals surface area contributed by atoms with Crippen LogP contribution in [0.15, 0.2) is 16.6 Å². The minimum atomic E-state index is 0.363. The molecule has 1 unspecified atom stereocenters. The van der Waals surface area contributed by atoms with Gasteiger partial charge in [0.1, 0.15) is 5.75 Å². The van der Waals surface area contributed by atoms with Crippen molar-refractivity contribution < 1.29 is 4.74 Å². The SMILES string of the molecule is CCC1(C(NC)c2cc(Br)c(C)cc2OC)CCCC1. The smallest absolute Gasteiger partial charge is 0.123 e. The highest BCUT2D eigenvalue weighted by Gasteiger charge is 2.41. The fraction of sp³-hybridized carbons (Fsp3) is 0.647. The van der Waals surface area contributed by atoms with Crippen molar-refractivity contribution in [2.75, 3.05) is 14.2 Å². The molecule has 3 heteroatoms. The molecular formula is C17H26BrNO. The van der Waals surface area contributed by atoms with E-state index >= 15 is 0 Å². The standard InChI is InChI=1S/C17H26BrNO/c1-5-17(8-6-7-9-17)16(19-3)13-11-14(18)12(2)10-15(13)20-4/h10-11,16,19H,5-9H2,1-4H3. The number of ether oxygens (including phenoxy) is 1. The van der Waals surface area contributed by atoms with Crippen LogP contribution in [-0.2, 0) is 0 Å². The van der Waals surface area contributed by atoms with Crippen LogP contribution < -0.4 is 10.1 Å². The first-order chi connectivity index (χ1) is 9.57. The lowest BCUT2D eigenvalue weighted by atomic mass is 9.73. The van der Waals surface area contributed by atoms with Gasteiger partial charge in [-0.3, -0.25) is 0 Å². The minimum absolute atomic E-state index is 0.363. The Morgan fingerprint density at radius 1 is 1.35 bits per heavy atom. The summed E-state index contributed by atoms with van der Waals surface area (Å²) in [5, 5.41) is 3.57. The molecule has 1 aliphatic carbocycles. The van der Waals surface area contributed by atoms with E-state index < -0.39 is 0 Å². The molecule has 0 radical (unpaired) electrons. The van der Waals surface area contributed by atoms with E-state index in [-0.39, 0.29) is 0 Å². The van der Waals surface area contributed by atoms with Gasteiger partial charge in [0.05, 0.1) is 7.11 Å². The van der Waals surface area contributed by atoms with Crippen LogP contribution in [0.4, 0.5) is 0 Å². The highest BCUT2D eigenvalue weighted by molar-refractivity contribution is 9.10. The number of aryl methyl sites for hydroxylation is 1. The lowest BCUT2D eigenvalue weighted by Crippen LogP contribution is -2.34. The molecule has 2 nitrogen and oxygen atoms in total. The Kier molecular flexibility index (Phi) is 5.14. The summed E-state index contributed by atoms with van der Waals surface area (Å²) in [7, 11) is 3.85. The van der Waals surface area contributed by atoms with Crippen molar-refractivity contribution in [1.82, 2.24) is 5.32 Å². The fourth-order valence-electron chi connectivity index (χ4n) is 3.79. The summed E-state index contributed by atoms with van der Waals surface area (Å²) in [5.74, 6) is 1.00. The van der Waals surface area contributed by atoms with E-state index in [2.05, 4.69) is 54.3 Å². The number of rotatable bonds is 5. The van der Waals surface area contributed by atoms with Gasteiger partial charge in [-0.2, -0.15) is 0 Å². The van der Waals surface area contributed by atoms with Crippen LogP contribution in [0, 0.1) is 12.3 Å². The maximum absolute atomic E-state index is 5.65. The van der Waals surface area contributed by atoms with Gasteiger partial charge in [-0.1, -0.05) is 35.7 Å². The monoisotopic (exact) mass is 339 g/mol. The number of methoxy groups -OCH3 is 1. The lowest BCUT2D eigenvalue weighted by molar-refractivity contribution is 0.191. The van der Waals surface area contributed by atoms with Gasteiger partial charge in [0, 0.05) is 16.1 Å². The molecule has 1 fully saturated rings. The van der Waals surface area contributed by atoms with Crippen molar-refractivity contribution in [3.8, 4) is 5.75 Å². The molecule has 0 spiro atoms. The molecular weight excluding hydrogens is 314 g/mol. The van der Waals surface area contributed by atoms with Gasteiger partial charge in [0.25, 0.3) is 0 Å². The molecule has 1 saturated carbocycles. The zero-order valence-electron chi connectivity index (χ0n) is 13.1. The first kappa shape index (κ1) is 15.8. The van der Waals surface area contributed by atoms with E-state index in [1.807, 2.05) is 0 Å². The van der Waals surface area contributed by atoms with Crippen molar-refractivity contribution >= 4 is 15.9 Å². The Bertz CT molecular complexity index is 466. The summed E-state index contributed by atoms with van der Waals surface area (Å²) < 4.78 is 6.82. The van der Waals surface area contributed by atoms with Crippen LogP contribution in [0.5, 0.6) is 5.75 Å². The number of halogens is 1. The van der Waals surface area contributed by atoms with Crippen molar-refractivity contribution in [3.05, 3.63) is 27.7 Å². The van der Waals surface area contributed by atoms with Gasteiger partial charge >= 0.3 is 0 Å². The first-order valence-electron chi connectivity index (χ1n) is 7.59. The summed E-state index contributed by atoms with van der Waals surface area (Å²) >= 11 is 3.67. The number of nitrogens with one attached hydrogen (secondary N) is 1. The molecule has 0 saturated heterocycles. The average molecular weight is 340 g/mol. The molecule has 2 rings (SSSR count). The second-order valence-electron chi connectivity index (χ2n) is 5.99. The zero-order valence-corrected chi connectivity index (χ0v) is 14.6. The van der Waals surface area contributed by atoms with Gasteiger partial charge in [0.15, 0.2) is 0 Å². The maximum Gasteiger partial charge on any atom is 0.123 e. The molecule has 1 atom stereocenters. The fourth-order valence-corrected chi connectivity index (χ4v) is 4.15. The number of hydrogen-bond donors (Lipinski definition) is 1. The third kappa shape index (κ3) is 2.75. The van der Waals surface area contributed by atoms with Crippen LogP contribution in [0.3, 0.4) is 0 Å².